The molecule has 21 heavy (non-hydrogen) atoms. The highest BCUT2D eigenvalue weighted by Gasteiger charge is 2.28. The van der Waals surface area contributed by atoms with Crippen molar-refractivity contribution >= 4 is 10.9 Å². The maximum absolute atomic E-state index is 13.8. The van der Waals surface area contributed by atoms with E-state index >= 15 is 0 Å². The van der Waals surface area contributed by atoms with Crippen LogP contribution in [-0.4, -0.2) is 32.8 Å². The maximum Gasteiger partial charge on any atom is 0.132 e. The van der Waals surface area contributed by atoms with Crippen molar-refractivity contribution in [1.82, 2.24) is 19.7 Å². The van der Waals surface area contributed by atoms with Crippen LogP contribution in [0.2, 0.25) is 0 Å². The Hall–Kier alpha value is -2.27. The van der Waals surface area contributed by atoms with Crippen LogP contribution in [0.15, 0.2) is 48.9 Å². The summed E-state index contributed by atoms with van der Waals surface area (Å²) in [4.78, 5) is 6.67. The molecule has 0 atom stereocenters. The van der Waals surface area contributed by atoms with Crippen LogP contribution in [0, 0.1) is 5.82 Å². The largest absolute Gasteiger partial charge is 0.295 e. The number of pyridine rings is 1. The van der Waals surface area contributed by atoms with Crippen LogP contribution in [-0.2, 0) is 6.54 Å². The topological polar surface area (TPSA) is 34.0 Å². The first-order chi connectivity index (χ1) is 10.3. The van der Waals surface area contributed by atoms with Gasteiger partial charge in [-0.25, -0.2) is 4.39 Å². The molecule has 3 aromatic rings. The van der Waals surface area contributed by atoms with Crippen LogP contribution in [0.1, 0.15) is 11.6 Å². The lowest BCUT2D eigenvalue weighted by molar-refractivity contribution is 0.0913. The number of benzene rings is 1. The Bertz CT molecular complexity index is 763. The van der Waals surface area contributed by atoms with E-state index in [-0.39, 0.29) is 5.82 Å². The summed E-state index contributed by atoms with van der Waals surface area (Å²) in [6, 6.07) is 9.31. The highest BCUT2D eigenvalue weighted by molar-refractivity contribution is 5.82. The Labute approximate surface area is 121 Å². The monoisotopic (exact) mass is 282 g/mol. The molecule has 0 saturated carbocycles. The number of hydrogen-bond donors (Lipinski definition) is 0. The fourth-order valence-electron chi connectivity index (χ4n) is 2.90. The molecule has 106 valence electrons. The van der Waals surface area contributed by atoms with Crippen molar-refractivity contribution in [2.75, 3.05) is 13.1 Å². The first-order valence-corrected chi connectivity index (χ1v) is 7.05. The van der Waals surface area contributed by atoms with Gasteiger partial charge in [0, 0.05) is 43.6 Å². The average Bonchev–Trinajstić information content (AvgIpc) is 2.98. The molecule has 3 heterocycles. The average molecular weight is 282 g/mol. The van der Waals surface area contributed by atoms with Gasteiger partial charge in [-0.05, 0) is 29.8 Å². The molecule has 0 radical (unpaired) electrons. The van der Waals surface area contributed by atoms with Crippen molar-refractivity contribution in [3.63, 3.8) is 0 Å². The number of rotatable bonds is 3. The molecule has 4 nitrogen and oxygen atoms in total. The number of fused-ring (bicyclic) bond motifs is 1. The summed E-state index contributed by atoms with van der Waals surface area (Å²) < 4.78 is 15.8. The van der Waals surface area contributed by atoms with E-state index in [2.05, 4.69) is 15.0 Å². The zero-order chi connectivity index (χ0) is 14.2. The molecule has 0 unspecified atom stereocenters. The molecule has 0 aliphatic carbocycles. The molecule has 4 rings (SSSR count). The highest BCUT2D eigenvalue weighted by atomic mass is 19.1. The molecule has 1 fully saturated rings. The highest BCUT2D eigenvalue weighted by Crippen LogP contribution is 2.26. The van der Waals surface area contributed by atoms with Crippen LogP contribution in [0.5, 0.6) is 0 Å². The van der Waals surface area contributed by atoms with Gasteiger partial charge >= 0.3 is 0 Å². The van der Waals surface area contributed by atoms with E-state index in [4.69, 9.17) is 0 Å². The van der Waals surface area contributed by atoms with Crippen LogP contribution >= 0.6 is 0 Å². The zero-order valence-electron chi connectivity index (χ0n) is 11.5. The smallest absolute Gasteiger partial charge is 0.132 e. The van der Waals surface area contributed by atoms with E-state index in [0.29, 0.717) is 11.4 Å². The summed E-state index contributed by atoms with van der Waals surface area (Å²) in [5, 5.41) is 4.87. The first-order valence-electron chi connectivity index (χ1n) is 7.05. The van der Waals surface area contributed by atoms with E-state index in [9.17, 15) is 4.39 Å². The van der Waals surface area contributed by atoms with Crippen LogP contribution in [0.3, 0.4) is 0 Å². The van der Waals surface area contributed by atoms with E-state index < -0.39 is 0 Å². The third-order valence-electron chi connectivity index (χ3n) is 4.03. The van der Waals surface area contributed by atoms with Crippen LogP contribution in [0.4, 0.5) is 4.39 Å². The lowest BCUT2D eigenvalue weighted by Gasteiger charge is -2.39. The van der Waals surface area contributed by atoms with Crippen molar-refractivity contribution in [2.24, 2.45) is 0 Å². The van der Waals surface area contributed by atoms with E-state index in [1.165, 1.54) is 6.07 Å². The normalized spacial score (nSPS) is 16.2. The Balaban J connectivity index is 1.53. The lowest BCUT2D eigenvalue weighted by Crippen LogP contribution is -2.47. The predicted molar refractivity (Wildman–Crippen MR) is 78.2 cm³/mol. The quantitative estimate of drug-likeness (QED) is 0.740. The molecule has 0 spiro atoms. The standard InChI is InChI=1S/C16H15FN4/c17-15-5-4-12(16-14(15)3-1-6-18-16)9-20-10-13(11-20)21-8-2-7-19-21/h1-8,13H,9-11H2. The van der Waals surface area contributed by atoms with Gasteiger partial charge in [-0.1, -0.05) is 6.07 Å². The van der Waals surface area contributed by atoms with Crippen molar-refractivity contribution in [2.45, 2.75) is 12.6 Å². The van der Waals surface area contributed by atoms with Gasteiger partial charge in [-0.2, -0.15) is 5.10 Å². The van der Waals surface area contributed by atoms with Gasteiger partial charge in [0.05, 0.1) is 11.6 Å². The number of halogens is 1. The van der Waals surface area contributed by atoms with Gasteiger partial charge in [0.2, 0.25) is 0 Å². The molecule has 2 aromatic heterocycles. The van der Waals surface area contributed by atoms with Gasteiger partial charge in [0.15, 0.2) is 0 Å². The third kappa shape index (κ3) is 2.19. The van der Waals surface area contributed by atoms with Gasteiger partial charge in [-0.15, -0.1) is 0 Å². The molecular weight excluding hydrogens is 267 g/mol. The van der Waals surface area contributed by atoms with Crippen molar-refractivity contribution < 1.29 is 4.39 Å². The van der Waals surface area contributed by atoms with Gasteiger partial charge in [0.25, 0.3) is 0 Å². The van der Waals surface area contributed by atoms with Crippen molar-refractivity contribution in [1.29, 1.82) is 0 Å². The Kier molecular flexibility index (Phi) is 2.93. The minimum Gasteiger partial charge on any atom is -0.295 e. The Morgan fingerprint density at radius 2 is 2.05 bits per heavy atom. The second-order valence-electron chi connectivity index (χ2n) is 5.44. The second kappa shape index (κ2) is 4.93. The molecular formula is C16H15FN4. The summed E-state index contributed by atoms with van der Waals surface area (Å²) in [6.07, 6.45) is 5.52. The second-order valence-corrected chi connectivity index (χ2v) is 5.44. The molecule has 1 saturated heterocycles. The molecule has 5 heteroatoms. The number of hydrogen-bond acceptors (Lipinski definition) is 3. The number of aromatic nitrogens is 3. The molecule has 1 aromatic carbocycles. The summed E-state index contributed by atoms with van der Waals surface area (Å²) in [5.41, 5.74) is 1.84. The molecule has 0 amide bonds. The number of likely N-dealkylation sites (tertiary alicyclic amines) is 1. The summed E-state index contributed by atoms with van der Waals surface area (Å²) in [7, 11) is 0. The van der Waals surface area contributed by atoms with Gasteiger partial charge in [-0.3, -0.25) is 14.6 Å². The third-order valence-corrected chi connectivity index (χ3v) is 4.03. The fourth-order valence-corrected chi connectivity index (χ4v) is 2.90. The lowest BCUT2D eigenvalue weighted by atomic mass is 10.0. The van der Waals surface area contributed by atoms with Gasteiger partial charge in [0.1, 0.15) is 5.82 Å². The number of nitrogens with zero attached hydrogens (tertiary/aromatic N) is 4. The molecule has 1 aliphatic heterocycles. The van der Waals surface area contributed by atoms with Gasteiger partial charge < -0.3 is 0 Å². The fraction of sp³-hybridized carbons (Fsp3) is 0.250. The minimum atomic E-state index is -0.208. The SMILES string of the molecule is Fc1ccc(CN2CC(n3cccn3)C2)c2ncccc12. The van der Waals surface area contributed by atoms with E-state index in [0.717, 1.165) is 30.7 Å². The summed E-state index contributed by atoms with van der Waals surface area (Å²) in [5.74, 6) is -0.208. The van der Waals surface area contributed by atoms with Crippen molar-refractivity contribution in [3.05, 3.63) is 60.3 Å². The van der Waals surface area contributed by atoms with Crippen molar-refractivity contribution in [3.8, 4) is 0 Å². The molecule has 0 N–H and O–H groups in total. The van der Waals surface area contributed by atoms with E-state index in [1.807, 2.05) is 23.0 Å². The summed E-state index contributed by atoms with van der Waals surface area (Å²) >= 11 is 0. The molecule has 1 aliphatic rings. The predicted octanol–water partition coefficient (Wildman–Crippen LogP) is 2.63. The van der Waals surface area contributed by atoms with Crippen LogP contribution in [0.25, 0.3) is 10.9 Å². The Morgan fingerprint density at radius 1 is 1.14 bits per heavy atom. The van der Waals surface area contributed by atoms with E-state index in [1.54, 1.807) is 24.5 Å². The summed E-state index contributed by atoms with van der Waals surface area (Å²) in [6.45, 7) is 2.73. The molecule has 0 bridgehead atoms. The minimum absolute atomic E-state index is 0.208. The maximum atomic E-state index is 13.8. The zero-order valence-corrected chi connectivity index (χ0v) is 11.5. The Morgan fingerprint density at radius 3 is 2.86 bits per heavy atom. The van der Waals surface area contributed by atoms with Crippen LogP contribution < -0.4 is 0 Å². The first kappa shape index (κ1) is 12.5.